The van der Waals surface area contributed by atoms with Crippen LogP contribution in [-0.2, 0) is 16.6 Å². The molecule has 0 amide bonds. The Labute approximate surface area is 126 Å². The number of piperidine rings is 1. The van der Waals surface area contributed by atoms with E-state index in [1.165, 1.54) is 6.26 Å². The summed E-state index contributed by atoms with van der Waals surface area (Å²) in [7, 11) is -1.47. The second-order valence-electron chi connectivity index (χ2n) is 5.47. The van der Waals surface area contributed by atoms with Crippen LogP contribution < -0.4 is 10.1 Å². The zero-order valence-corrected chi connectivity index (χ0v) is 13.4. The molecule has 0 aliphatic carbocycles. The molecule has 7 heteroatoms. The van der Waals surface area contributed by atoms with Gasteiger partial charge >= 0.3 is 0 Å². The van der Waals surface area contributed by atoms with Gasteiger partial charge in [-0.15, -0.1) is 0 Å². The molecule has 1 aromatic rings. The molecule has 0 aromatic carbocycles. The summed E-state index contributed by atoms with van der Waals surface area (Å²) in [4.78, 5) is 4.16. The van der Waals surface area contributed by atoms with E-state index in [-0.39, 0.29) is 0 Å². The van der Waals surface area contributed by atoms with Gasteiger partial charge in [0.25, 0.3) is 0 Å². The molecule has 1 fully saturated rings. The van der Waals surface area contributed by atoms with Crippen LogP contribution in [0.3, 0.4) is 0 Å². The van der Waals surface area contributed by atoms with Crippen molar-refractivity contribution < 1.29 is 13.2 Å². The van der Waals surface area contributed by atoms with E-state index in [2.05, 4.69) is 10.3 Å². The number of nitrogens with one attached hydrogen (secondary N) is 1. The van der Waals surface area contributed by atoms with Gasteiger partial charge in [-0.2, -0.15) is 0 Å². The summed E-state index contributed by atoms with van der Waals surface area (Å²) in [5, 5.41) is 3.38. The Balaban J connectivity index is 1.77. The van der Waals surface area contributed by atoms with Crippen molar-refractivity contribution in [3.05, 3.63) is 23.9 Å². The maximum atomic E-state index is 11.6. The molecule has 2 heterocycles. The van der Waals surface area contributed by atoms with Crippen molar-refractivity contribution >= 4 is 10.0 Å². The maximum Gasteiger partial charge on any atom is 0.212 e. The first kappa shape index (κ1) is 16.2. The minimum atomic E-state index is -3.06. The number of sulfonamides is 1. The highest BCUT2D eigenvalue weighted by Crippen LogP contribution is 2.18. The van der Waals surface area contributed by atoms with Crippen LogP contribution in [0.4, 0.5) is 0 Å². The minimum absolute atomic E-state index is 0.375. The molecule has 1 atom stereocenters. The topological polar surface area (TPSA) is 71.5 Å². The Bertz CT molecular complexity index is 545. The van der Waals surface area contributed by atoms with Crippen molar-refractivity contribution in [3.8, 4) is 5.88 Å². The third kappa shape index (κ3) is 4.94. The van der Waals surface area contributed by atoms with Crippen LogP contribution in [0.15, 0.2) is 18.3 Å². The van der Waals surface area contributed by atoms with Crippen molar-refractivity contribution in [2.24, 2.45) is 5.92 Å². The number of hydrogen-bond acceptors (Lipinski definition) is 5. The molecule has 0 saturated carbocycles. The second kappa shape index (κ2) is 7.20. The van der Waals surface area contributed by atoms with E-state index >= 15 is 0 Å². The Morgan fingerprint density at radius 3 is 2.90 bits per heavy atom. The quantitative estimate of drug-likeness (QED) is 0.843. The summed E-state index contributed by atoms with van der Waals surface area (Å²) >= 11 is 0. The van der Waals surface area contributed by atoms with Gasteiger partial charge in [0, 0.05) is 31.9 Å². The summed E-state index contributed by atoms with van der Waals surface area (Å²) in [6.45, 7) is 2.81. The Morgan fingerprint density at radius 2 is 2.29 bits per heavy atom. The Kier molecular flexibility index (Phi) is 5.55. The molecule has 1 N–H and O–H groups in total. The van der Waals surface area contributed by atoms with E-state index in [1.54, 1.807) is 17.6 Å². The fourth-order valence-electron chi connectivity index (χ4n) is 2.55. The molecule has 1 aliphatic heterocycles. The van der Waals surface area contributed by atoms with E-state index in [0.29, 0.717) is 24.9 Å². The maximum absolute atomic E-state index is 11.6. The first-order valence-corrected chi connectivity index (χ1v) is 8.98. The Hall–Kier alpha value is -1.18. The summed E-state index contributed by atoms with van der Waals surface area (Å²) in [5.74, 6) is 0.981. The van der Waals surface area contributed by atoms with Crippen LogP contribution >= 0.6 is 0 Å². The highest BCUT2D eigenvalue weighted by molar-refractivity contribution is 7.88. The summed E-state index contributed by atoms with van der Waals surface area (Å²) in [6.07, 6.45) is 5.07. The fraction of sp³-hybridized carbons (Fsp3) is 0.643. The molecular weight excluding hydrogens is 290 g/mol. The van der Waals surface area contributed by atoms with Gasteiger partial charge in [-0.25, -0.2) is 17.7 Å². The van der Waals surface area contributed by atoms with Gasteiger partial charge in [-0.05, 0) is 30.9 Å². The largest absolute Gasteiger partial charge is 0.481 e. The van der Waals surface area contributed by atoms with Crippen LogP contribution in [0.2, 0.25) is 0 Å². The molecule has 1 saturated heterocycles. The van der Waals surface area contributed by atoms with Gasteiger partial charge in [-0.1, -0.05) is 6.07 Å². The Morgan fingerprint density at radius 1 is 1.48 bits per heavy atom. The fourth-order valence-corrected chi connectivity index (χ4v) is 3.49. The molecule has 1 unspecified atom stereocenters. The molecular formula is C14H23N3O3S. The lowest BCUT2D eigenvalue weighted by Crippen LogP contribution is -2.42. The lowest BCUT2D eigenvalue weighted by molar-refractivity contribution is 0.261. The zero-order valence-electron chi connectivity index (χ0n) is 12.6. The minimum Gasteiger partial charge on any atom is -0.481 e. The molecule has 0 radical (unpaired) electrons. The average Bonchev–Trinajstić information content (AvgIpc) is 2.47. The van der Waals surface area contributed by atoms with Crippen molar-refractivity contribution in [1.29, 1.82) is 0 Å². The smallest absolute Gasteiger partial charge is 0.212 e. The van der Waals surface area contributed by atoms with Crippen LogP contribution in [0, 0.1) is 5.92 Å². The van der Waals surface area contributed by atoms with Gasteiger partial charge < -0.3 is 10.1 Å². The lowest BCUT2D eigenvalue weighted by atomic mass is 10.00. The first-order chi connectivity index (χ1) is 9.99. The number of hydrogen-bond donors (Lipinski definition) is 1. The van der Waals surface area contributed by atoms with Crippen molar-refractivity contribution in [2.75, 3.05) is 33.0 Å². The average molecular weight is 313 g/mol. The van der Waals surface area contributed by atoms with E-state index < -0.39 is 10.0 Å². The molecule has 118 valence electrons. The van der Waals surface area contributed by atoms with Gasteiger partial charge in [0.2, 0.25) is 15.9 Å². The van der Waals surface area contributed by atoms with E-state index in [9.17, 15) is 8.42 Å². The highest BCUT2D eigenvalue weighted by atomic mass is 32.2. The zero-order chi connectivity index (χ0) is 15.3. The summed E-state index contributed by atoms with van der Waals surface area (Å²) in [6, 6.07) is 3.81. The number of aromatic nitrogens is 1. The predicted octanol–water partition coefficient (Wildman–Crippen LogP) is 0.851. The van der Waals surface area contributed by atoms with Crippen LogP contribution in [0.5, 0.6) is 5.88 Å². The third-order valence-electron chi connectivity index (χ3n) is 3.72. The number of pyridine rings is 1. The van der Waals surface area contributed by atoms with Crippen molar-refractivity contribution in [2.45, 2.75) is 19.4 Å². The van der Waals surface area contributed by atoms with Crippen molar-refractivity contribution in [3.63, 3.8) is 0 Å². The van der Waals surface area contributed by atoms with E-state index in [4.69, 9.17) is 4.74 Å². The van der Waals surface area contributed by atoms with Crippen LogP contribution in [0.25, 0.3) is 0 Å². The lowest BCUT2D eigenvalue weighted by Gasteiger charge is -2.31. The predicted molar refractivity (Wildman–Crippen MR) is 81.6 cm³/mol. The monoisotopic (exact) mass is 313 g/mol. The number of ether oxygens (including phenoxy) is 1. The molecule has 6 nitrogen and oxygen atoms in total. The normalized spacial score (nSPS) is 20.4. The van der Waals surface area contributed by atoms with Gasteiger partial charge in [0.05, 0.1) is 13.4 Å². The summed E-state index contributed by atoms with van der Waals surface area (Å²) < 4.78 is 29.7. The van der Waals surface area contributed by atoms with Gasteiger partial charge in [-0.3, -0.25) is 0 Å². The SMILES string of the molecule is COc1ccc(CNCC2CCCN(S(C)(=O)=O)C2)cn1. The number of nitrogens with zero attached hydrogens (tertiary/aromatic N) is 2. The molecule has 0 spiro atoms. The van der Waals surface area contributed by atoms with E-state index in [0.717, 1.165) is 31.5 Å². The number of rotatable bonds is 6. The van der Waals surface area contributed by atoms with E-state index in [1.807, 2.05) is 12.1 Å². The van der Waals surface area contributed by atoms with Gasteiger partial charge in [0.15, 0.2) is 0 Å². The van der Waals surface area contributed by atoms with Crippen molar-refractivity contribution in [1.82, 2.24) is 14.6 Å². The van der Waals surface area contributed by atoms with Crippen LogP contribution in [0.1, 0.15) is 18.4 Å². The second-order valence-corrected chi connectivity index (χ2v) is 7.45. The van der Waals surface area contributed by atoms with Crippen LogP contribution in [-0.4, -0.2) is 50.7 Å². The molecule has 2 rings (SSSR count). The molecule has 0 bridgehead atoms. The molecule has 1 aliphatic rings. The highest BCUT2D eigenvalue weighted by Gasteiger charge is 2.25. The third-order valence-corrected chi connectivity index (χ3v) is 4.99. The van der Waals surface area contributed by atoms with Gasteiger partial charge in [0.1, 0.15) is 0 Å². The first-order valence-electron chi connectivity index (χ1n) is 7.14. The molecule has 1 aromatic heterocycles. The number of methoxy groups -OCH3 is 1. The standard InChI is InChI=1S/C14H23N3O3S/c1-20-14-6-5-12(10-16-14)8-15-9-13-4-3-7-17(11-13)21(2,18)19/h5-6,10,13,15H,3-4,7-9,11H2,1-2H3. The summed E-state index contributed by atoms with van der Waals surface area (Å²) in [5.41, 5.74) is 1.09. The molecule has 21 heavy (non-hydrogen) atoms.